The normalized spacial score (nSPS) is 11.0. The lowest BCUT2D eigenvalue weighted by molar-refractivity contribution is -0.137. The topological polar surface area (TPSA) is 41.1 Å². The van der Waals surface area contributed by atoms with Gasteiger partial charge in [-0.3, -0.25) is 10.1 Å². The molecule has 8 heteroatoms. The fourth-order valence-electron chi connectivity index (χ4n) is 1.74. The van der Waals surface area contributed by atoms with Crippen LogP contribution in [0.4, 0.5) is 23.2 Å². The zero-order valence-electron chi connectivity index (χ0n) is 11.4. The molecule has 0 bridgehead atoms. The van der Waals surface area contributed by atoms with Crippen LogP contribution in [0.5, 0.6) is 0 Å². The summed E-state index contributed by atoms with van der Waals surface area (Å²) in [7, 11) is 0. The average molecular weight is 342 g/mol. The number of thiocarbonyl (C=S) groups is 1. The molecule has 0 radical (unpaired) electrons. The summed E-state index contributed by atoms with van der Waals surface area (Å²) in [6.45, 7) is 0. The molecule has 0 atom stereocenters. The molecule has 0 heterocycles. The van der Waals surface area contributed by atoms with Crippen molar-refractivity contribution in [3.8, 4) is 0 Å². The second kappa shape index (κ2) is 6.74. The lowest BCUT2D eigenvalue weighted by Crippen LogP contribution is -2.34. The van der Waals surface area contributed by atoms with Gasteiger partial charge < -0.3 is 5.32 Å². The molecule has 0 aliphatic carbocycles. The SMILES string of the molecule is O=C(NC(=S)Nc1cccc(C(F)(F)F)c1)c1cccc(F)c1. The van der Waals surface area contributed by atoms with Crippen molar-refractivity contribution in [1.29, 1.82) is 0 Å². The summed E-state index contributed by atoms with van der Waals surface area (Å²) in [4.78, 5) is 11.8. The first-order valence-electron chi connectivity index (χ1n) is 6.31. The molecular formula is C15H10F4N2OS. The van der Waals surface area contributed by atoms with Gasteiger partial charge in [-0.2, -0.15) is 13.2 Å². The van der Waals surface area contributed by atoms with Crippen LogP contribution in [0.2, 0.25) is 0 Å². The van der Waals surface area contributed by atoms with Gasteiger partial charge in [-0.1, -0.05) is 12.1 Å². The Kier molecular flexibility index (Phi) is 4.95. The molecule has 0 saturated carbocycles. The summed E-state index contributed by atoms with van der Waals surface area (Å²) in [5.74, 6) is -1.26. The first kappa shape index (κ1) is 16.9. The molecule has 0 spiro atoms. The number of alkyl halides is 3. The van der Waals surface area contributed by atoms with Crippen LogP contribution in [0.15, 0.2) is 48.5 Å². The van der Waals surface area contributed by atoms with E-state index in [-0.39, 0.29) is 16.4 Å². The summed E-state index contributed by atoms with van der Waals surface area (Å²) >= 11 is 4.86. The van der Waals surface area contributed by atoms with Crippen LogP contribution in [0, 0.1) is 5.82 Å². The molecule has 0 unspecified atom stereocenters. The third-order valence-electron chi connectivity index (χ3n) is 2.76. The van der Waals surface area contributed by atoms with Crippen molar-refractivity contribution in [2.45, 2.75) is 6.18 Å². The molecule has 3 nitrogen and oxygen atoms in total. The molecule has 2 rings (SSSR count). The van der Waals surface area contributed by atoms with E-state index in [1.54, 1.807) is 0 Å². The highest BCUT2D eigenvalue weighted by atomic mass is 32.1. The van der Waals surface area contributed by atoms with Gasteiger partial charge in [-0.15, -0.1) is 0 Å². The Bertz CT molecular complexity index is 746. The van der Waals surface area contributed by atoms with Gasteiger partial charge in [-0.25, -0.2) is 4.39 Å². The van der Waals surface area contributed by atoms with E-state index in [4.69, 9.17) is 12.2 Å². The van der Waals surface area contributed by atoms with Gasteiger partial charge in [0.1, 0.15) is 5.82 Å². The van der Waals surface area contributed by atoms with Crippen molar-refractivity contribution in [3.05, 3.63) is 65.5 Å². The number of nitrogens with one attached hydrogen (secondary N) is 2. The van der Waals surface area contributed by atoms with Crippen molar-refractivity contribution >= 4 is 28.9 Å². The molecule has 1 amide bonds. The molecule has 23 heavy (non-hydrogen) atoms. The average Bonchev–Trinajstić information content (AvgIpc) is 2.46. The smallest absolute Gasteiger partial charge is 0.332 e. The van der Waals surface area contributed by atoms with Crippen LogP contribution in [0.3, 0.4) is 0 Å². The largest absolute Gasteiger partial charge is 0.416 e. The Morgan fingerprint density at radius 1 is 1.04 bits per heavy atom. The maximum atomic E-state index is 13.0. The first-order valence-corrected chi connectivity index (χ1v) is 6.72. The molecule has 120 valence electrons. The number of carbonyl (C=O) groups is 1. The predicted octanol–water partition coefficient (Wildman–Crippen LogP) is 3.97. The van der Waals surface area contributed by atoms with E-state index < -0.39 is 23.5 Å². The van der Waals surface area contributed by atoms with Gasteiger partial charge in [0.2, 0.25) is 0 Å². The Labute approximate surface area is 134 Å². The fourth-order valence-corrected chi connectivity index (χ4v) is 1.95. The summed E-state index contributed by atoms with van der Waals surface area (Å²) < 4.78 is 50.9. The summed E-state index contributed by atoms with van der Waals surface area (Å²) in [6.07, 6.45) is -4.48. The molecule has 2 aromatic rings. The second-order valence-corrected chi connectivity index (χ2v) is 4.91. The maximum absolute atomic E-state index is 13.0. The Balaban J connectivity index is 2.04. The van der Waals surface area contributed by atoms with Crippen molar-refractivity contribution in [3.63, 3.8) is 0 Å². The number of carbonyl (C=O) groups excluding carboxylic acids is 1. The van der Waals surface area contributed by atoms with Crippen LogP contribution in [-0.4, -0.2) is 11.0 Å². The maximum Gasteiger partial charge on any atom is 0.416 e. The van der Waals surface area contributed by atoms with Crippen LogP contribution in [-0.2, 0) is 6.18 Å². The molecule has 2 aromatic carbocycles. The third-order valence-corrected chi connectivity index (χ3v) is 2.97. The van der Waals surface area contributed by atoms with Crippen molar-refractivity contribution in [1.82, 2.24) is 5.32 Å². The van der Waals surface area contributed by atoms with Gasteiger partial charge in [0, 0.05) is 11.3 Å². The van der Waals surface area contributed by atoms with Gasteiger partial charge in [-0.05, 0) is 48.6 Å². The number of rotatable bonds is 2. The Morgan fingerprint density at radius 3 is 2.39 bits per heavy atom. The Hall–Kier alpha value is -2.48. The van der Waals surface area contributed by atoms with E-state index in [1.807, 2.05) is 0 Å². The number of amides is 1. The predicted molar refractivity (Wildman–Crippen MR) is 81.5 cm³/mol. The van der Waals surface area contributed by atoms with Crippen LogP contribution < -0.4 is 10.6 Å². The summed E-state index contributed by atoms with van der Waals surface area (Å²) in [5, 5.41) is 4.54. The summed E-state index contributed by atoms with van der Waals surface area (Å²) in [6, 6.07) is 9.29. The van der Waals surface area contributed by atoms with Crippen LogP contribution >= 0.6 is 12.2 Å². The Morgan fingerprint density at radius 2 is 1.74 bits per heavy atom. The third kappa shape index (κ3) is 4.75. The highest BCUT2D eigenvalue weighted by Gasteiger charge is 2.30. The molecule has 0 aromatic heterocycles. The van der Waals surface area contributed by atoms with Gasteiger partial charge in [0.25, 0.3) is 5.91 Å². The van der Waals surface area contributed by atoms with Crippen molar-refractivity contribution < 1.29 is 22.4 Å². The number of benzene rings is 2. The number of halogens is 4. The van der Waals surface area contributed by atoms with Gasteiger partial charge in [0.15, 0.2) is 5.11 Å². The number of anilines is 1. The highest BCUT2D eigenvalue weighted by molar-refractivity contribution is 7.80. The zero-order chi connectivity index (χ0) is 17.0. The minimum absolute atomic E-state index is 0.0400. The van der Waals surface area contributed by atoms with Crippen LogP contribution in [0.1, 0.15) is 15.9 Å². The standard InChI is InChI=1S/C15H10F4N2OS/c16-11-5-1-3-9(7-11)13(22)21-14(23)20-12-6-2-4-10(8-12)15(17,18)19/h1-8H,(H2,20,21,22,23). The van der Waals surface area contributed by atoms with E-state index in [9.17, 15) is 22.4 Å². The number of hydrogen-bond donors (Lipinski definition) is 2. The first-order chi connectivity index (χ1) is 10.8. The van der Waals surface area contributed by atoms with E-state index in [0.717, 1.165) is 18.2 Å². The second-order valence-electron chi connectivity index (χ2n) is 4.50. The van der Waals surface area contributed by atoms with Gasteiger partial charge in [0.05, 0.1) is 5.56 Å². The molecule has 0 aliphatic rings. The minimum atomic E-state index is -4.48. The van der Waals surface area contributed by atoms with E-state index in [1.165, 1.54) is 30.3 Å². The lowest BCUT2D eigenvalue weighted by Gasteiger charge is -2.12. The molecule has 0 fully saturated rings. The number of hydrogen-bond acceptors (Lipinski definition) is 2. The molecular weight excluding hydrogens is 332 g/mol. The summed E-state index contributed by atoms with van der Waals surface area (Å²) in [5.41, 5.74) is -0.732. The molecule has 2 N–H and O–H groups in total. The van der Waals surface area contributed by atoms with Crippen molar-refractivity contribution in [2.24, 2.45) is 0 Å². The zero-order valence-corrected chi connectivity index (χ0v) is 12.3. The minimum Gasteiger partial charge on any atom is -0.332 e. The highest BCUT2D eigenvalue weighted by Crippen LogP contribution is 2.30. The van der Waals surface area contributed by atoms with Crippen molar-refractivity contribution in [2.75, 3.05) is 5.32 Å². The molecule has 0 aliphatic heterocycles. The van der Waals surface area contributed by atoms with Crippen LogP contribution in [0.25, 0.3) is 0 Å². The van der Waals surface area contributed by atoms with E-state index >= 15 is 0 Å². The van der Waals surface area contributed by atoms with Gasteiger partial charge >= 0.3 is 6.18 Å². The van der Waals surface area contributed by atoms with E-state index in [0.29, 0.717) is 0 Å². The molecule has 0 saturated heterocycles. The lowest BCUT2D eigenvalue weighted by atomic mass is 10.2. The monoisotopic (exact) mass is 342 g/mol. The van der Waals surface area contributed by atoms with E-state index in [2.05, 4.69) is 10.6 Å². The fraction of sp³-hybridized carbons (Fsp3) is 0.0667. The quantitative estimate of drug-likeness (QED) is 0.641.